The molecule has 84 valence electrons. The van der Waals surface area contributed by atoms with Gasteiger partial charge in [0.2, 0.25) is 0 Å². The lowest BCUT2D eigenvalue weighted by Crippen LogP contribution is -2.02. The normalized spacial score (nSPS) is 10.4. The lowest BCUT2D eigenvalue weighted by Gasteiger charge is -2.05. The maximum absolute atomic E-state index is 5.34. The molecular weight excluding hydrogens is 270 g/mol. The van der Waals surface area contributed by atoms with Crippen molar-refractivity contribution < 1.29 is 4.42 Å². The van der Waals surface area contributed by atoms with Crippen molar-refractivity contribution in [3.63, 3.8) is 0 Å². The molecule has 0 aliphatic heterocycles. The first-order valence-electron chi connectivity index (χ1n) is 5.03. The zero-order chi connectivity index (χ0) is 11.5. The lowest BCUT2D eigenvalue weighted by atomic mass is 10.3. The van der Waals surface area contributed by atoms with E-state index in [2.05, 4.69) is 31.2 Å². The monoisotopic (exact) mass is 281 g/mol. The third-order valence-corrected chi connectivity index (χ3v) is 2.66. The van der Waals surface area contributed by atoms with E-state index in [0.29, 0.717) is 11.6 Å². The molecule has 0 aliphatic carbocycles. The predicted molar refractivity (Wildman–Crippen MR) is 66.3 cm³/mol. The maximum Gasteiger partial charge on any atom is 0.199 e. The Labute approximate surface area is 102 Å². The van der Waals surface area contributed by atoms with Crippen LogP contribution in [0.15, 0.2) is 27.3 Å². The van der Waals surface area contributed by atoms with E-state index in [0.717, 1.165) is 22.5 Å². The molecule has 0 unspecified atom stereocenters. The summed E-state index contributed by atoms with van der Waals surface area (Å²) in [7, 11) is 0. The molecule has 0 aliphatic rings. The molecule has 0 amide bonds. The lowest BCUT2D eigenvalue weighted by molar-refractivity contribution is 0.576. The van der Waals surface area contributed by atoms with Crippen molar-refractivity contribution in [3.05, 3.63) is 28.6 Å². The third kappa shape index (κ3) is 2.24. The van der Waals surface area contributed by atoms with Crippen LogP contribution in [0.5, 0.6) is 0 Å². The molecule has 0 radical (unpaired) electrons. The van der Waals surface area contributed by atoms with Crippen LogP contribution < -0.4 is 5.32 Å². The van der Waals surface area contributed by atoms with Crippen LogP contribution in [0.2, 0.25) is 0 Å². The molecule has 2 aromatic rings. The molecule has 5 heteroatoms. The molecule has 2 heterocycles. The van der Waals surface area contributed by atoms with Gasteiger partial charge in [0.05, 0.1) is 10.7 Å². The van der Waals surface area contributed by atoms with Crippen molar-refractivity contribution in [2.24, 2.45) is 0 Å². The summed E-state index contributed by atoms with van der Waals surface area (Å²) in [6.07, 6.45) is 1.61. The van der Waals surface area contributed by atoms with Crippen LogP contribution in [0.4, 0.5) is 5.82 Å². The van der Waals surface area contributed by atoms with Crippen LogP contribution in [-0.2, 0) is 0 Å². The molecule has 2 rings (SSSR count). The van der Waals surface area contributed by atoms with Gasteiger partial charge < -0.3 is 9.73 Å². The van der Waals surface area contributed by atoms with Crippen molar-refractivity contribution in [3.8, 4) is 11.6 Å². The average Bonchev–Trinajstić information content (AvgIpc) is 2.64. The standard InChI is InChI=1S/C11H12BrN3O/c1-3-13-9-6-7(2)14-11(15-9)10-8(12)4-5-16-10/h4-6H,3H2,1-2H3,(H,13,14,15). The average molecular weight is 282 g/mol. The third-order valence-electron chi connectivity index (χ3n) is 2.03. The minimum absolute atomic E-state index is 0.591. The summed E-state index contributed by atoms with van der Waals surface area (Å²) >= 11 is 3.40. The second-order valence-corrected chi connectivity index (χ2v) is 4.20. The molecule has 2 aromatic heterocycles. The number of nitrogens with zero attached hydrogens (tertiary/aromatic N) is 2. The summed E-state index contributed by atoms with van der Waals surface area (Å²) in [5.74, 6) is 2.06. The zero-order valence-corrected chi connectivity index (χ0v) is 10.7. The Kier molecular flexibility index (Phi) is 3.24. The smallest absolute Gasteiger partial charge is 0.199 e. The number of aromatic nitrogens is 2. The number of halogens is 1. The fourth-order valence-corrected chi connectivity index (χ4v) is 1.77. The van der Waals surface area contributed by atoms with E-state index in [4.69, 9.17) is 4.42 Å². The number of hydrogen-bond acceptors (Lipinski definition) is 4. The SMILES string of the molecule is CCNc1cc(C)nc(-c2occc2Br)n1. The number of hydrogen-bond donors (Lipinski definition) is 1. The van der Waals surface area contributed by atoms with Gasteiger partial charge in [-0.2, -0.15) is 0 Å². The maximum atomic E-state index is 5.34. The van der Waals surface area contributed by atoms with Gasteiger partial charge in [-0.1, -0.05) is 0 Å². The predicted octanol–water partition coefficient (Wildman–Crippen LogP) is 3.24. The quantitative estimate of drug-likeness (QED) is 0.939. The Hall–Kier alpha value is -1.36. The molecule has 0 fully saturated rings. The Balaban J connectivity index is 2.45. The number of anilines is 1. The fraction of sp³-hybridized carbons (Fsp3) is 0.273. The van der Waals surface area contributed by atoms with E-state index in [1.807, 2.05) is 26.0 Å². The topological polar surface area (TPSA) is 51.0 Å². The van der Waals surface area contributed by atoms with Gasteiger partial charge >= 0.3 is 0 Å². The molecule has 16 heavy (non-hydrogen) atoms. The molecule has 0 bridgehead atoms. The highest BCUT2D eigenvalue weighted by molar-refractivity contribution is 9.10. The Morgan fingerprint density at radius 2 is 2.25 bits per heavy atom. The van der Waals surface area contributed by atoms with Crippen LogP contribution in [0.25, 0.3) is 11.6 Å². The fourth-order valence-electron chi connectivity index (χ4n) is 1.40. The summed E-state index contributed by atoms with van der Waals surface area (Å²) in [5.41, 5.74) is 0.907. The second-order valence-electron chi connectivity index (χ2n) is 3.35. The van der Waals surface area contributed by atoms with Crippen LogP contribution in [0.1, 0.15) is 12.6 Å². The van der Waals surface area contributed by atoms with E-state index >= 15 is 0 Å². The Morgan fingerprint density at radius 3 is 2.88 bits per heavy atom. The van der Waals surface area contributed by atoms with Gasteiger partial charge in [-0.15, -0.1) is 0 Å². The minimum atomic E-state index is 0.591. The van der Waals surface area contributed by atoms with Gasteiger partial charge in [0.15, 0.2) is 11.6 Å². The first-order valence-corrected chi connectivity index (χ1v) is 5.83. The van der Waals surface area contributed by atoms with Crippen molar-refractivity contribution in [1.29, 1.82) is 0 Å². The van der Waals surface area contributed by atoms with Crippen LogP contribution in [0.3, 0.4) is 0 Å². The minimum Gasteiger partial charge on any atom is -0.460 e. The van der Waals surface area contributed by atoms with Gasteiger partial charge in [0.25, 0.3) is 0 Å². The zero-order valence-electron chi connectivity index (χ0n) is 9.12. The second kappa shape index (κ2) is 4.65. The van der Waals surface area contributed by atoms with E-state index < -0.39 is 0 Å². The molecule has 0 spiro atoms. The van der Waals surface area contributed by atoms with Crippen LogP contribution in [-0.4, -0.2) is 16.5 Å². The van der Waals surface area contributed by atoms with Gasteiger partial charge in [-0.3, -0.25) is 0 Å². The highest BCUT2D eigenvalue weighted by atomic mass is 79.9. The highest BCUT2D eigenvalue weighted by Gasteiger charge is 2.11. The molecular formula is C11H12BrN3O. The molecule has 0 aromatic carbocycles. The van der Waals surface area contributed by atoms with Gasteiger partial charge in [0, 0.05) is 18.3 Å². The molecule has 1 N–H and O–H groups in total. The van der Waals surface area contributed by atoms with Crippen LogP contribution >= 0.6 is 15.9 Å². The highest BCUT2D eigenvalue weighted by Crippen LogP contribution is 2.27. The summed E-state index contributed by atoms with van der Waals surface area (Å²) < 4.78 is 6.20. The molecule has 0 saturated heterocycles. The van der Waals surface area contributed by atoms with Crippen molar-refractivity contribution in [1.82, 2.24) is 9.97 Å². The van der Waals surface area contributed by atoms with Crippen molar-refractivity contribution >= 4 is 21.7 Å². The molecule has 0 atom stereocenters. The van der Waals surface area contributed by atoms with Crippen molar-refractivity contribution in [2.75, 3.05) is 11.9 Å². The number of nitrogens with one attached hydrogen (secondary N) is 1. The van der Waals surface area contributed by atoms with Crippen LogP contribution in [0, 0.1) is 6.92 Å². The van der Waals surface area contributed by atoms with E-state index in [-0.39, 0.29) is 0 Å². The van der Waals surface area contributed by atoms with Crippen molar-refractivity contribution in [2.45, 2.75) is 13.8 Å². The summed E-state index contributed by atoms with van der Waals surface area (Å²) in [4.78, 5) is 8.73. The molecule has 4 nitrogen and oxygen atoms in total. The largest absolute Gasteiger partial charge is 0.460 e. The van der Waals surface area contributed by atoms with E-state index in [1.54, 1.807) is 6.26 Å². The first kappa shape index (κ1) is 11.1. The first-order chi connectivity index (χ1) is 7.70. The van der Waals surface area contributed by atoms with Gasteiger partial charge in [-0.25, -0.2) is 9.97 Å². The molecule has 0 saturated carbocycles. The summed E-state index contributed by atoms with van der Waals surface area (Å²) in [6.45, 7) is 4.79. The van der Waals surface area contributed by atoms with Gasteiger partial charge in [-0.05, 0) is 35.8 Å². The number of aryl methyl sites for hydroxylation is 1. The summed E-state index contributed by atoms with van der Waals surface area (Å²) in [6, 6.07) is 3.73. The Bertz CT molecular complexity index is 496. The van der Waals surface area contributed by atoms with E-state index in [9.17, 15) is 0 Å². The van der Waals surface area contributed by atoms with E-state index in [1.165, 1.54) is 0 Å². The number of rotatable bonds is 3. The van der Waals surface area contributed by atoms with Gasteiger partial charge in [0.1, 0.15) is 5.82 Å². The Morgan fingerprint density at radius 1 is 1.44 bits per heavy atom. The summed E-state index contributed by atoms with van der Waals surface area (Å²) in [5, 5.41) is 3.16. The number of furan rings is 1.